The van der Waals surface area contributed by atoms with Crippen LogP contribution in [0.15, 0.2) is 18.2 Å². The zero-order valence-electron chi connectivity index (χ0n) is 16.5. The average molecular weight is 415 g/mol. The summed E-state index contributed by atoms with van der Waals surface area (Å²) in [5.41, 5.74) is 6.22. The highest BCUT2D eigenvalue weighted by molar-refractivity contribution is 6.65. The predicted molar refractivity (Wildman–Crippen MR) is 112 cm³/mol. The molecule has 2 heterocycles. The monoisotopic (exact) mass is 414 g/mol. The van der Waals surface area contributed by atoms with Gasteiger partial charge in [-0.05, 0) is 65.1 Å². The van der Waals surface area contributed by atoms with Gasteiger partial charge in [-0.15, -0.1) is 12.4 Å². The first kappa shape index (κ1) is 22.5. The highest BCUT2D eigenvalue weighted by atomic mass is 35.5. The van der Waals surface area contributed by atoms with E-state index in [-0.39, 0.29) is 18.3 Å². The molecule has 2 fully saturated rings. The minimum atomic E-state index is -0.531. The maximum absolute atomic E-state index is 12.8. The second kappa shape index (κ2) is 8.30. The molecule has 2 N–H and O–H groups in total. The van der Waals surface area contributed by atoms with E-state index in [1.807, 2.05) is 44.7 Å². The number of benzene rings is 1. The molecular weight excluding hydrogens is 386 g/mol. The van der Waals surface area contributed by atoms with Gasteiger partial charge in [0.1, 0.15) is 0 Å². The largest absolute Gasteiger partial charge is 0.496 e. The van der Waals surface area contributed by atoms with E-state index in [0.29, 0.717) is 23.0 Å². The second-order valence-corrected chi connectivity index (χ2v) is 8.70. The molecule has 1 amide bonds. The van der Waals surface area contributed by atoms with E-state index >= 15 is 0 Å². The van der Waals surface area contributed by atoms with E-state index in [1.54, 1.807) is 6.07 Å². The summed E-state index contributed by atoms with van der Waals surface area (Å²) in [6, 6.07) is 5.37. The van der Waals surface area contributed by atoms with Gasteiger partial charge >= 0.3 is 7.12 Å². The number of piperidine rings is 1. The maximum atomic E-state index is 12.8. The van der Waals surface area contributed by atoms with E-state index in [4.69, 9.17) is 26.6 Å². The van der Waals surface area contributed by atoms with Gasteiger partial charge in [0, 0.05) is 29.1 Å². The number of carbonyl (C=O) groups excluding carboxylic acids is 1. The zero-order chi connectivity index (χ0) is 19.1. The number of halogens is 2. The fourth-order valence-corrected chi connectivity index (χ4v) is 3.65. The first-order valence-corrected chi connectivity index (χ1v) is 9.67. The van der Waals surface area contributed by atoms with Crippen molar-refractivity contribution in [3.05, 3.63) is 28.8 Å². The van der Waals surface area contributed by atoms with Gasteiger partial charge in [-0.3, -0.25) is 4.79 Å². The molecule has 150 valence electrons. The lowest BCUT2D eigenvalue weighted by molar-refractivity contribution is 0.00578. The van der Waals surface area contributed by atoms with E-state index in [2.05, 4.69) is 0 Å². The first-order valence-electron chi connectivity index (χ1n) is 9.29. The third kappa shape index (κ3) is 4.46. The van der Waals surface area contributed by atoms with Crippen LogP contribution in [0.2, 0.25) is 5.02 Å². The molecular formula is C19H29BCl2N2O3. The van der Waals surface area contributed by atoms with Gasteiger partial charge in [0.15, 0.2) is 0 Å². The summed E-state index contributed by atoms with van der Waals surface area (Å²) in [7, 11) is -0.531. The van der Waals surface area contributed by atoms with Crippen LogP contribution in [0.5, 0.6) is 0 Å². The Morgan fingerprint density at radius 1 is 1.22 bits per heavy atom. The number of hydrogen-bond donors (Lipinski definition) is 1. The van der Waals surface area contributed by atoms with Crippen LogP contribution < -0.4 is 11.2 Å². The zero-order valence-corrected chi connectivity index (χ0v) is 18.0. The Labute approximate surface area is 173 Å². The minimum Gasteiger partial charge on any atom is -0.399 e. The smallest absolute Gasteiger partial charge is 0.399 e. The Hall–Kier alpha value is -0.785. The van der Waals surface area contributed by atoms with Crippen LogP contribution in [0.25, 0.3) is 0 Å². The van der Waals surface area contributed by atoms with Gasteiger partial charge in [-0.1, -0.05) is 17.7 Å². The molecule has 8 heteroatoms. The lowest BCUT2D eigenvalue weighted by Crippen LogP contribution is -2.41. The van der Waals surface area contributed by atoms with Crippen molar-refractivity contribution in [3.8, 4) is 0 Å². The Morgan fingerprint density at radius 3 is 2.26 bits per heavy atom. The molecule has 0 saturated carbocycles. The lowest BCUT2D eigenvalue weighted by Gasteiger charge is -2.32. The number of likely N-dealkylation sites (tertiary alicyclic amines) is 1. The molecule has 0 aliphatic carbocycles. The van der Waals surface area contributed by atoms with Crippen molar-refractivity contribution in [2.24, 2.45) is 11.7 Å². The number of rotatable bonds is 3. The summed E-state index contributed by atoms with van der Waals surface area (Å²) >= 11 is 6.48. The molecule has 2 aliphatic rings. The Balaban J connectivity index is 0.00000261. The molecule has 3 rings (SSSR count). The Kier molecular flexibility index (Phi) is 6.91. The average Bonchev–Trinajstić information content (AvgIpc) is 2.81. The fourth-order valence-electron chi connectivity index (χ4n) is 3.38. The van der Waals surface area contributed by atoms with Gasteiger partial charge < -0.3 is 19.9 Å². The second-order valence-electron chi connectivity index (χ2n) is 8.30. The van der Waals surface area contributed by atoms with Crippen LogP contribution in [0.1, 0.15) is 50.9 Å². The van der Waals surface area contributed by atoms with Gasteiger partial charge in [0.05, 0.1) is 11.2 Å². The third-order valence-corrected chi connectivity index (χ3v) is 6.32. The lowest BCUT2D eigenvalue weighted by atomic mass is 9.78. The summed E-state index contributed by atoms with van der Waals surface area (Å²) < 4.78 is 12.1. The fraction of sp³-hybridized carbons (Fsp3) is 0.632. The standard InChI is InChI=1S/C19H28BClN2O3.ClH/c1-18(2)19(3,4)26-20(25-18)15-6-5-14(11-16(15)21)17(24)23-9-7-13(12-22)8-10-23;/h5-6,11,13H,7-10,12,22H2,1-4H3;1H. The molecule has 2 aliphatic heterocycles. The summed E-state index contributed by atoms with van der Waals surface area (Å²) in [6.07, 6.45) is 1.92. The molecule has 27 heavy (non-hydrogen) atoms. The number of hydrogen-bond acceptors (Lipinski definition) is 4. The van der Waals surface area contributed by atoms with Crippen LogP contribution in [0.3, 0.4) is 0 Å². The van der Waals surface area contributed by atoms with E-state index in [0.717, 1.165) is 31.4 Å². The van der Waals surface area contributed by atoms with Crippen LogP contribution in [-0.4, -0.2) is 48.8 Å². The van der Waals surface area contributed by atoms with Gasteiger partial charge in [-0.25, -0.2) is 0 Å². The van der Waals surface area contributed by atoms with Gasteiger partial charge in [-0.2, -0.15) is 0 Å². The molecule has 0 atom stereocenters. The molecule has 1 aromatic carbocycles. The quantitative estimate of drug-likeness (QED) is 0.772. The minimum absolute atomic E-state index is 0. The molecule has 5 nitrogen and oxygen atoms in total. The summed E-state index contributed by atoms with van der Waals surface area (Å²) in [4.78, 5) is 14.6. The summed E-state index contributed by atoms with van der Waals surface area (Å²) in [5, 5.41) is 0.492. The van der Waals surface area contributed by atoms with Gasteiger partial charge in [0.2, 0.25) is 0 Å². The number of nitrogens with two attached hydrogens (primary N) is 1. The number of nitrogens with zero attached hydrogens (tertiary/aromatic N) is 1. The van der Waals surface area contributed by atoms with Crippen molar-refractivity contribution in [1.29, 1.82) is 0 Å². The van der Waals surface area contributed by atoms with Crippen molar-refractivity contribution in [2.45, 2.75) is 51.7 Å². The Bertz CT molecular complexity index is 676. The molecule has 2 saturated heterocycles. The predicted octanol–water partition coefficient (Wildman–Crippen LogP) is 2.87. The Morgan fingerprint density at radius 2 is 1.78 bits per heavy atom. The van der Waals surface area contributed by atoms with Crippen molar-refractivity contribution < 1.29 is 14.1 Å². The normalized spacial score (nSPS) is 21.9. The highest BCUT2D eigenvalue weighted by Gasteiger charge is 2.52. The molecule has 0 radical (unpaired) electrons. The highest BCUT2D eigenvalue weighted by Crippen LogP contribution is 2.37. The van der Waals surface area contributed by atoms with Crippen molar-refractivity contribution in [1.82, 2.24) is 4.90 Å². The van der Waals surface area contributed by atoms with E-state index in [1.165, 1.54) is 0 Å². The number of carbonyl (C=O) groups is 1. The topological polar surface area (TPSA) is 64.8 Å². The molecule has 0 bridgehead atoms. The van der Waals surface area contributed by atoms with Crippen LogP contribution in [-0.2, 0) is 9.31 Å². The van der Waals surface area contributed by atoms with Crippen LogP contribution >= 0.6 is 24.0 Å². The summed E-state index contributed by atoms with van der Waals surface area (Å²) in [6.45, 7) is 10.2. The van der Waals surface area contributed by atoms with Crippen LogP contribution in [0.4, 0.5) is 0 Å². The SMILES string of the molecule is CC1(C)OB(c2ccc(C(=O)N3CCC(CN)CC3)cc2Cl)OC1(C)C.Cl. The van der Waals surface area contributed by atoms with Crippen molar-refractivity contribution in [2.75, 3.05) is 19.6 Å². The molecule has 0 aromatic heterocycles. The van der Waals surface area contributed by atoms with Crippen molar-refractivity contribution in [3.63, 3.8) is 0 Å². The molecule has 0 spiro atoms. The third-order valence-electron chi connectivity index (χ3n) is 5.99. The van der Waals surface area contributed by atoms with Crippen LogP contribution in [0, 0.1) is 5.92 Å². The van der Waals surface area contributed by atoms with E-state index in [9.17, 15) is 4.79 Å². The van der Waals surface area contributed by atoms with E-state index < -0.39 is 18.3 Å². The molecule has 1 aromatic rings. The van der Waals surface area contributed by atoms with Gasteiger partial charge in [0.25, 0.3) is 5.91 Å². The first-order chi connectivity index (χ1) is 12.1. The molecule has 0 unspecified atom stereocenters. The summed E-state index contributed by atoms with van der Waals surface area (Å²) in [5.74, 6) is 0.538. The van der Waals surface area contributed by atoms with Crippen molar-refractivity contribution >= 4 is 42.5 Å². The number of amides is 1. The maximum Gasteiger partial charge on any atom is 0.496 e.